The number of nitrogens with one attached hydrogen (secondary N) is 1. The Bertz CT molecular complexity index is 414. The molecule has 0 spiro atoms. The molecule has 0 aliphatic rings. The van der Waals surface area contributed by atoms with Crippen molar-refractivity contribution >= 4 is 33.5 Å². The van der Waals surface area contributed by atoms with E-state index in [0.717, 1.165) is 0 Å². The molecule has 0 saturated carbocycles. The highest BCUT2D eigenvalue weighted by molar-refractivity contribution is 9.10. The van der Waals surface area contributed by atoms with Gasteiger partial charge in [-0.05, 0) is 25.1 Å². The number of rotatable bonds is 3. The van der Waals surface area contributed by atoms with Crippen LogP contribution in [0, 0.1) is 0 Å². The van der Waals surface area contributed by atoms with Gasteiger partial charge in [0.2, 0.25) is 0 Å². The lowest BCUT2D eigenvalue weighted by Crippen LogP contribution is -2.38. The summed E-state index contributed by atoms with van der Waals surface area (Å²) in [5, 5.41) is 11.0. The molecule has 0 bridgehead atoms. The molecule has 5 nitrogen and oxygen atoms in total. The van der Waals surface area contributed by atoms with Crippen molar-refractivity contribution in [2.24, 2.45) is 0 Å². The molecule has 0 fully saturated rings. The van der Waals surface area contributed by atoms with Crippen LogP contribution in [0.25, 0.3) is 0 Å². The van der Waals surface area contributed by atoms with E-state index in [0.29, 0.717) is 15.7 Å². The second kappa shape index (κ2) is 4.98. The van der Waals surface area contributed by atoms with Crippen LogP contribution in [0.3, 0.4) is 0 Å². The predicted molar refractivity (Wildman–Crippen MR) is 63.1 cm³/mol. The minimum absolute atomic E-state index is 0.319. The van der Waals surface area contributed by atoms with E-state index in [1.54, 1.807) is 12.1 Å². The molecule has 1 aromatic rings. The largest absolute Gasteiger partial charge is 0.480 e. The number of amides is 1. The maximum Gasteiger partial charge on any atom is 0.325 e. The normalized spacial score (nSPS) is 11.9. The SMILES string of the molecule is CC(NC(=O)c1cc(N)cc(Br)c1)C(=O)O. The zero-order chi connectivity index (χ0) is 12.3. The molecule has 1 rings (SSSR count). The molecule has 86 valence electrons. The van der Waals surface area contributed by atoms with E-state index >= 15 is 0 Å². The summed E-state index contributed by atoms with van der Waals surface area (Å²) in [6.45, 7) is 1.39. The third kappa shape index (κ3) is 3.23. The summed E-state index contributed by atoms with van der Waals surface area (Å²) in [6.07, 6.45) is 0. The van der Waals surface area contributed by atoms with Gasteiger partial charge in [0.1, 0.15) is 6.04 Å². The van der Waals surface area contributed by atoms with Crippen LogP contribution in [-0.4, -0.2) is 23.0 Å². The Morgan fingerprint density at radius 3 is 2.56 bits per heavy atom. The van der Waals surface area contributed by atoms with E-state index < -0.39 is 17.9 Å². The summed E-state index contributed by atoms with van der Waals surface area (Å²) in [5.41, 5.74) is 6.31. The quantitative estimate of drug-likeness (QED) is 0.729. The van der Waals surface area contributed by atoms with Gasteiger partial charge >= 0.3 is 5.97 Å². The minimum Gasteiger partial charge on any atom is -0.480 e. The van der Waals surface area contributed by atoms with Crippen LogP contribution in [0.1, 0.15) is 17.3 Å². The highest BCUT2D eigenvalue weighted by Crippen LogP contribution is 2.17. The van der Waals surface area contributed by atoms with E-state index in [4.69, 9.17) is 10.8 Å². The summed E-state index contributed by atoms with van der Waals surface area (Å²) >= 11 is 3.20. The molecule has 1 atom stereocenters. The molecular formula is C10H11BrN2O3. The number of carboxylic acid groups (broad SMARTS) is 1. The Labute approximate surface area is 101 Å². The van der Waals surface area contributed by atoms with E-state index in [2.05, 4.69) is 21.2 Å². The van der Waals surface area contributed by atoms with E-state index in [-0.39, 0.29) is 0 Å². The first-order chi connectivity index (χ1) is 7.40. The van der Waals surface area contributed by atoms with Crippen molar-refractivity contribution in [3.8, 4) is 0 Å². The summed E-state index contributed by atoms with van der Waals surface area (Å²) in [6, 6.07) is 3.76. The number of anilines is 1. The van der Waals surface area contributed by atoms with Crippen molar-refractivity contribution in [1.82, 2.24) is 5.32 Å². The lowest BCUT2D eigenvalue weighted by Gasteiger charge is -2.09. The fourth-order valence-corrected chi connectivity index (χ4v) is 1.60. The van der Waals surface area contributed by atoms with Crippen LogP contribution in [0.5, 0.6) is 0 Å². The van der Waals surface area contributed by atoms with Gasteiger partial charge in [-0.1, -0.05) is 15.9 Å². The highest BCUT2D eigenvalue weighted by Gasteiger charge is 2.15. The number of benzene rings is 1. The molecule has 0 radical (unpaired) electrons. The maximum atomic E-state index is 11.6. The Morgan fingerprint density at radius 1 is 1.44 bits per heavy atom. The van der Waals surface area contributed by atoms with Crippen LogP contribution in [0.2, 0.25) is 0 Å². The average Bonchev–Trinajstić information content (AvgIpc) is 2.15. The number of carbonyl (C=O) groups excluding carboxylic acids is 1. The Morgan fingerprint density at radius 2 is 2.06 bits per heavy atom. The van der Waals surface area contributed by atoms with Crippen molar-refractivity contribution in [3.63, 3.8) is 0 Å². The van der Waals surface area contributed by atoms with Crippen LogP contribution < -0.4 is 11.1 Å². The van der Waals surface area contributed by atoms with Crippen LogP contribution in [0.4, 0.5) is 5.69 Å². The standard InChI is InChI=1S/C10H11BrN2O3/c1-5(10(15)16)13-9(14)6-2-7(11)4-8(12)3-6/h2-5H,12H2,1H3,(H,13,14)(H,15,16). The molecule has 0 aliphatic carbocycles. The minimum atomic E-state index is -1.09. The average molecular weight is 287 g/mol. The van der Waals surface area contributed by atoms with Gasteiger partial charge in [0, 0.05) is 15.7 Å². The molecular weight excluding hydrogens is 276 g/mol. The Balaban J connectivity index is 2.84. The Hall–Kier alpha value is -1.56. The first-order valence-corrected chi connectivity index (χ1v) is 5.29. The van der Waals surface area contributed by atoms with Gasteiger partial charge in [0.15, 0.2) is 0 Å². The van der Waals surface area contributed by atoms with Crippen LogP contribution >= 0.6 is 15.9 Å². The van der Waals surface area contributed by atoms with E-state index in [1.807, 2.05) is 0 Å². The van der Waals surface area contributed by atoms with Gasteiger partial charge in [-0.15, -0.1) is 0 Å². The van der Waals surface area contributed by atoms with Crippen LogP contribution in [-0.2, 0) is 4.79 Å². The number of hydrogen-bond acceptors (Lipinski definition) is 3. The zero-order valence-electron chi connectivity index (χ0n) is 8.53. The lowest BCUT2D eigenvalue weighted by molar-refractivity contribution is -0.138. The zero-order valence-corrected chi connectivity index (χ0v) is 10.1. The van der Waals surface area contributed by atoms with Crippen molar-refractivity contribution < 1.29 is 14.7 Å². The number of nitrogen functional groups attached to an aromatic ring is 1. The van der Waals surface area contributed by atoms with Crippen molar-refractivity contribution in [3.05, 3.63) is 28.2 Å². The number of carbonyl (C=O) groups is 2. The molecule has 16 heavy (non-hydrogen) atoms. The second-order valence-corrected chi connectivity index (χ2v) is 4.22. The summed E-state index contributed by atoms with van der Waals surface area (Å²) in [7, 11) is 0. The first kappa shape index (κ1) is 12.5. The second-order valence-electron chi connectivity index (χ2n) is 3.31. The van der Waals surface area contributed by atoms with Gasteiger partial charge in [-0.3, -0.25) is 9.59 Å². The molecule has 6 heteroatoms. The third-order valence-electron chi connectivity index (χ3n) is 1.90. The first-order valence-electron chi connectivity index (χ1n) is 4.50. The number of nitrogens with two attached hydrogens (primary N) is 1. The molecule has 4 N–H and O–H groups in total. The smallest absolute Gasteiger partial charge is 0.325 e. The van der Waals surface area contributed by atoms with Crippen molar-refractivity contribution in [2.45, 2.75) is 13.0 Å². The van der Waals surface area contributed by atoms with Gasteiger partial charge < -0.3 is 16.2 Å². The van der Waals surface area contributed by atoms with Gasteiger partial charge in [0.25, 0.3) is 5.91 Å². The van der Waals surface area contributed by atoms with E-state index in [9.17, 15) is 9.59 Å². The van der Waals surface area contributed by atoms with Crippen LogP contribution in [0.15, 0.2) is 22.7 Å². The molecule has 1 amide bonds. The fraction of sp³-hybridized carbons (Fsp3) is 0.200. The maximum absolute atomic E-state index is 11.6. The number of halogens is 1. The van der Waals surface area contributed by atoms with Crippen molar-refractivity contribution in [2.75, 3.05) is 5.73 Å². The summed E-state index contributed by atoms with van der Waals surface area (Å²) in [4.78, 5) is 22.2. The fourth-order valence-electron chi connectivity index (χ4n) is 1.09. The topological polar surface area (TPSA) is 92.4 Å². The highest BCUT2D eigenvalue weighted by atomic mass is 79.9. The van der Waals surface area contributed by atoms with E-state index in [1.165, 1.54) is 13.0 Å². The van der Waals surface area contributed by atoms with Crippen molar-refractivity contribution in [1.29, 1.82) is 0 Å². The predicted octanol–water partition coefficient (Wildman–Crippen LogP) is 1.23. The molecule has 0 aromatic heterocycles. The number of carboxylic acids is 1. The van der Waals surface area contributed by atoms with Gasteiger partial charge in [0.05, 0.1) is 0 Å². The van der Waals surface area contributed by atoms with Gasteiger partial charge in [-0.25, -0.2) is 0 Å². The lowest BCUT2D eigenvalue weighted by atomic mass is 10.2. The molecule has 0 aliphatic heterocycles. The molecule has 1 aromatic carbocycles. The summed E-state index contributed by atoms with van der Waals surface area (Å²) in [5.74, 6) is -1.56. The third-order valence-corrected chi connectivity index (χ3v) is 2.36. The number of aliphatic carboxylic acids is 1. The number of hydrogen-bond donors (Lipinski definition) is 3. The Kier molecular flexibility index (Phi) is 3.89. The molecule has 1 unspecified atom stereocenters. The monoisotopic (exact) mass is 286 g/mol. The van der Waals surface area contributed by atoms with Gasteiger partial charge in [-0.2, -0.15) is 0 Å². The molecule has 0 saturated heterocycles. The summed E-state index contributed by atoms with van der Waals surface area (Å²) < 4.78 is 0.667. The molecule has 0 heterocycles.